The Morgan fingerprint density at radius 2 is 1.77 bits per heavy atom. The van der Waals surface area contributed by atoms with E-state index >= 15 is 0 Å². The number of nitrogens with one attached hydrogen (secondary N) is 1. The zero-order valence-electron chi connectivity index (χ0n) is 17.6. The number of rotatable bonds is 5. The van der Waals surface area contributed by atoms with E-state index in [0.717, 1.165) is 48.7 Å². The van der Waals surface area contributed by atoms with Gasteiger partial charge in [0, 0.05) is 35.5 Å². The zero-order chi connectivity index (χ0) is 20.8. The van der Waals surface area contributed by atoms with Gasteiger partial charge in [0.15, 0.2) is 0 Å². The Bertz CT molecular complexity index is 885. The minimum Gasteiger partial charge on any atom is -0.334 e. The van der Waals surface area contributed by atoms with Crippen molar-refractivity contribution in [2.24, 2.45) is 0 Å². The fraction of sp³-hybridized carbons (Fsp3) is 0.462. The van der Waals surface area contributed by atoms with Crippen LogP contribution in [0.25, 0.3) is 0 Å². The van der Waals surface area contributed by atoms with Gasteiger partial charge in [-0.2, -0.15) is 0 Å². The third kappa shape index (κ3) is 5.85. The third-order valence-corrected chi connectivity index (χ3v) is 6.77. The van der Waals surface area contributed by atoms with Crippen molar-refractivity contribution < 1.29 is 9.29 Å². The van der Waals surface area contributed by atoms with Gasteiger partial charge < -0.3 is 4.90 Å². The Labute approximate surface area is 185 Å². The summed E-state index contributed by atoms with van der Waals surface area (Å²) in [6.45, 7) is 6.33. The molecule has 0 radical (unpaired) electrons. The van der Waals surface area contributed by atoms with Gasteiger partial charge in [-0.1, -0.05) is 41.6 Å². The molecule has 0 atom stereocenters. The van der Waals surface area contributed by atoms with Crippen LogP contribution in [0.2, 0.25) is 5.02 Å². The maximum absolute atomic E-state index is 14.4. The standard InChI is InChI=1S/C26H30ClFN2/c27-25-10-8-22(9-11-25)23-12-17-29(18-13-23)14-2-1-5-21-6-7-24(26(28)19-21)20-30-15-3-4-16-30/h6-11,19,23H,2-4,12-18,20H2/p+1. The quantitative estimate of drug-likeness (QED) is 0.702. The van der Waals surface area contributed by atoms with Crippen LogP contribution < -0.4 is 4.90 Å². The SMILES string of the molecule is Fc1cc(C#CCC[NH+]2CCC(c3ccc(Cl)cc3)CC2)ccc1CN1CCCC1. The van der Waals surface area contributed by atoms with Crippen molar-refractivity contribution in [2.75, 3.05) is 32.7 Å². The van der Waals surface area contributed by atoms with Crippen molar-refractivity contribution in [1.82, 2.24) is 4.90 Å². The lowest BCUT2D eigenvalue weighted by atomic mass is 9.89. The predicted molar refractivity (Wildman–Crippen MR) is 121 cm³/mol. The maximum atomic E-state index is 14.4. The third-order valence-electron chi connectivity index (χ3n) is 6.52. The summed E-state index contributed by atoms with van der Waals surface area (Å²) in [5, 5.41) is 0.807. The van der Waals surface area contributed by atoms with Gasteiger partial charge in [0.05, 0.1) is 26.1 Å². The van der Waals surface area contributed by atoms with Crippen LogP contribution in [-0.2, 0) is 6.54 Å². The molecule has 0 saturated carbocycles. The van der Waals surface area contributed by atoms with Crippen LogP contribution in [0.3, 0.4) is 0 Å². The summed E-state index contributed by atoms with van der Waals surface area (Å²) >= 11 is 6.00. The number of halogens is 2. The average Bonchev–Trinajstić information content (AvgIpc) is 3.27. The Kier molecular flexibility index (Phi) is 7.44. The van der Waals surface area contributed by atoms with Crippen molar-refractivity contribution >= 4 is 11.6 Å². The molecule has 1 N–H and O–H groups in total. The number of nitrogens with zero attached hydrogens (tertiary/aromatic N) is 1. The van der Waals surface area contributed by atoms with E-state index in [4.69, 9.17) is 11.6 Å². The highest BCUT2D eigenvalue weighted by atomic mass is 35.5. The van der Waals surface area contributed by atoms with Gasteiger partial charge in [-0.3, -0.25) is 4.90 Å². The summed E-state index contributed by atoms with van der Waals surface area (Å²) in [5.74, 6) is 6.94. The van der Waals surface area contributed by atoms with Crippen LogP contribution in [0.4, 0.5) is 4.39 Å². The molecule has 2 saturated heterocycles. The van der Waals surface area contributed by atoms with Crippen molar-refractivity contribution in [3.63, 3.8) is 0 Å². The van der Waals surface area contributed by atoms with Gasteiger partial charge in [0.1, 0.15) is 5.82 Å². The van der Waals surface area contributed by atoms with Crippen LogP contribution in [0.5, 0.6) is 0 Å². The van der Waals surface area contributed by atoms with Gasteiger partial charge in [0.25, 0.3) is 0 Å². The first kappa shape index (κ1) is 21.4. The summed E-state index contributed by atoms with van der Waals surface area (Å²) in [6.07, 6.45) is 5.75. The summed E-state index contributed by atoms with van der Waals surface area (Å²) in [4.78, 5) is 3.95. The summed E-state index contributed by atoms with van der Waals surface area (Å²) in [5.41, 5.74) is 2.98. The van der Waals surface area contributed by atoms with Crippen molar-refractivity contribution in [3.05, 3.63) is 70.0 Å². The lowest BCUT2D eigenvalue weighted by Crippen LogP contribution is -3.13. The predicted octanol–water partition coefficient (Wildman–Crippen LogP) is 4.28. The van der Waals surface area contributed by atoms with Gasteiger partial charge in [-0.25, -0.2) is 4.39 Å². The fourth-order valence-electron chi connectivity index (χ4n) is 4.68. The Morgan fingerprint density at radius 1 is 1.03 bits per heavy atom. The second-order valence-corrected chi connectivity index (χ2v) is 9.10. The lowest BCUT2D eigenvalue weighted by molar-refractivity contribution is -0.904. The first-order chi connectivity index (χ1) is 14.7. The van der Waals surface area contributed by atoms with Gasteiger partial charge in [0.2, 0.25) is 0 Å². The van der Waals surface area contributed by atoms with Crippen molar-refractivity contribution in [2.45, 2.75) is 44.6 Å². The Morgan fingerprint density at radius 3 is 2.47 bits per heavy atom. The highest BCUT2D eigenvalue weighted by Gasteiger charge is 2.22. The second kappa shape index (κ2) is 10.4. The van der Waals surface area contributed by atoms with Gasteiger partial charge >= 0.3 is 0 Å². The first-order valence-electron chi connectivity index (χ1n) is 11.3. The van der Waals surface area contributed by atoms with Crippen molar-refractivity contribution in [1.29, 1.82) is 0 Å². The molecule has 2 aromatic carbocycles. The van der Waals surface area contributed by atoms with Gasteiger partial charge in [-0.05, 0) is 61.7 Å². The van der Waals surface area contributed by atoms with Crippen LogP contribution >= 0.6 is 11.6 Å². The van der Waals surface area contributed by atoms with E-state index in [1.54, 1.807) is 11.0 Å². The molecule has 2 aliphatic heterocycles. The number of quaternary nitrogens is 1. The maximum Gasteiger partial charge on any atom is 0.128 e. The molecule has 158 valence electrons. The molecule has 0 spiro atoms. The Hall–Kier alpha value is -1.86. The molecule has 30 heavy (non-hydrogen) atoms. The zero-order valence-corrected chi connectivity index (χ0v) is 18.4. The van der Waals surface area contributed by atoms with Crippen LogP contribution in [0.1, 0.15) is 54.7 Å². The molecule has 0 bridgehead atoms. The van der Waals surface area contributed by atoms with E-state index < -0.39 is 0 Å². The molecule has 4 heteroatoms. The highest BCUT2D eigenvalue weighted by Crippen LogP contribution is 2.25. The minimum absolute atomic E-state index is 0.122. The van der Waals surface area contributed by atoms with Crippen LogP contribution in [0, 0.1) is 17.7 Å². The Balaban J connectivity index is 1.21. The van der Waals surface area contributed by atoms with Gasteiger partial charge in [-0.15, -0.1) is 0 Å². The normalized spacial score (nSPS) is 21.9. The number of hydrogen-bond donors (Lipinski definition) is 1. The molecule has 0 amide bonds. The topological polar surface area (TPSA) is 7.68 Å². The van der Waals surface area contributed by atoms with E-state index in [2.05, 4.69) is 28.9 Å². The minimum atomic E-state index is -0.122. The molecular formula is C26H31ClFN2+. The van der Waals surface area contributed by atoms with Crippen molar-refractivity contribution in [3.8, 4) is 11.8 Å². The van der Waals surface area contributed by atoms with E-state index in [-0.39, 0.29) is 5.82 Å². The van der Waals surface area contributed by atoms with Crippen LogP contribution in [0.15, 0.2) is 42.5 Å². The first-order valence-corrected chi connectivity index (χ1v) is 11.6. The molecule has 0 aromatic heterocycles. The largest absolute Gasteiger partial charge is 0.334 e. The smallest absolute Gasteiger partial charge is 0.128 e. The average molecular weight is 426 g/mol. The molecule has 0 unspecified atom stereocenters. The molecule has 0 aliphatic carbocycles. The van der Waals surface area contributed by atoms with E-state index in [0.29, 0.717) is 5.92 Å². The highest BCUT2D eigenvalue weighted by molar-refractivity contribution is 6.30. The number of hydrogen-bond acceptors (Lipinski definition) is 1. The van der Waals surface area contributed by atoms with E-state index in [9.17, 15) is 4.39 Å². The molecule has 4 rings (SSSR count). The molecule has 2 heterocycles. The molecule has 2 aromatic rings. The number of benzene rings is 2. The monoisotopic (exact) mass is 425 g/mol. The number of likely N-dealkylation sites (tertiary alicyclic amines) is 2. The summed E-state index contributed by atoms with van der Waals surface area (Å²) < 4.78 is 14.4. The number of piperidine rings is 1. The summed E-state index contributed by atoms with van der Waals surface area (Å²) in [6, 6.07) is 13.8. The lowest BCUT2D eigenvalue weighted by Gasteiger charge is -2.29. The molecule has 2 fully saturated rings. The molecule has 2 aliphatic rings. The van der Waals surface area contributed by atoms with Crippen LogP contribution in [-0.4, -0.2) is 37.6 Å². The molecular weight excluding hydrogens is 395 g/mol. The van der Waals surface area contributed by atoms with E-state index in [1.165, 1.54) is 44.3 Å². The fourth-order valence-corrected chi connectivity index (χ4v) is 4.81. The molecule has 2 nitrogen and oxygen atoms in total. The van der Waals surface area contributed by atoms with E-state index in [1.807, 2.05) is 24.3 Å². The second-order valence-electron chi connectivity index (χ2n) is 8.67. The summed E-state index contributed by atoms with van der Waals surface area (Å²) in [7, 11) is 0.